The second kappa shape index (κ2) is 6.62. The number of carbonyl (C=O) groups excluding carboxylic acids is 1. The van der Waals surface area contributed by atoms with Gasteiger partial charge in [0, 0.05) is 0 Å². The van der Waals surface area contributed by atoms with Crippen molar-refractivity contribution in [1.82, 2.24) is 10.3 Å². The van der Waals surface area contributed by atoms with Crippen LogP contribution in [0.15, 0.2) is 21.9 Å². The van der Waals surface area contributed by atoms with Crippen molar-refractivity contribution in [1.29, 1.82) is 0 Å². The van der Waals surface area contributed by atoms with E-state index in [-0.39, 0.29) is 18.4 Å². The molecule has 1 aliphatic carbocycles. The average molecular weight is 320 g/mol. The molecule has 2 N–H and O–H groups in total. The number of hydrogen-bond donors (Lipinski definition) is 2. The van der Waals surface area contributed by atoms with Crippen molar-refractivity contribution in [3.63, 3.8) is 0 Å². The van der Waals surface area contributed by atoms with Crippen molar-refractivity contribution in [2.75, 3.05) is 0 Å². The van der Waals surface area contributed by atoms with Crippen molar-refractivity contribution in [3.05, 3.63) is 29.0 Å². The first-order chi connectivity index (χ1) is 10.6. The summed E-state index contributed by atoms with van der Waals surface area (Å²) in [7, 11) is 0. The van der Waals surface area contributed by atoms with E-state index in [4.69, 9.17) is 4.42 Å². The van der Waals surface area contributed by atoms with Gasteiger partial charge in [0.1, 0.15) is 5.76 Å². The van der Waals surface area contributed by atoms with Crippen molar-refractivity contribution in [3.8, 4) is 10.8 Å². The van der Waals surface area contributed by atoms with Gasteiger partial charge in [0.05, 0.1) is 29.1 Å². The summed E-state index contributed by atoms with van der Waals surface area (Å²) in [6, 6.07) is 3.75. The number of aromatic nitrogens is 1. The minimum absolute atomic E-state index is 0.111. The average Bonchev–Trinajstić information content (AvgIpc) is 3.12. The Morgan fingerprint density at radius 2 is 2.32 bits per heavy atom. The molecule has 0 spiro atoms. The van der Waals surface area contributed by atoms with Crippen molar-refractivity contribution >= 4 is 17.2 Å². The standard InChI is InChI=1S/C16H20N2O3S/c1-10-12(18-16(21-10)14-7-4-8-22-14)9-15(20)17-11-5-2-3-6-13(11)19/h4,7-8,11,13,19H,2-3,5-6,9H2,1H3,(H,17,20). The van der Waals surface area contributed by atoms with Gasteiger partial charge in [0.15, 0.2) is 0 Å². The first kappa shape index (κ1) is 15.2. The maximum absolute atomic E-state index is 12.2. The number of nitrogens with zero attached hydrogens (tertiary/aromatic N) is 1. The largest absolute Gasteiger partial charge is 0.440 e. The maximum atomic E-state index is 12.2. The molecular formula is C16H20N2O3S. The Kier molecular flexibility index (Phi) is 4.59. The van der Waals surface area contributed by atoms with Crippen molar-refractivity contribution in [2.45, 2.75) is 51.2 Å². The molecule has 6 heteroatoms. The zero-order valence-corrected chi connectivity index (χ0v) is 13.4. The summed E-state index contributed by atoms with van der Waals surface area (Å²) in [4.78, 5) is 17.6. The molecule has 5 nitrogen and oxygen atoms in total. The molecule has 2 atom stereocenters. The van der Waals surface area contributed by atoms with E-state index in [1.54, 1.807) is 11.3 Å². The fourth-order valence-corrected chi connectivity index (χ4v) is 3.44. The molecule has 2 heterocycles. The predicted octanol–water partition coefficient (Wildman–Crippen LogP) is 2.67. The van der Waals surface area contributed by atoms with Crippen LogP contribution < -0.4 is 5.32 Å². The Labute approximate surface area is 133 Å². The van der Waals surface area contributed by atoms with Gasteiger partial charge in [-0.15, -0.1) is 11.3 Å². The Morgan fingerprint density at radius 3 is 3.05 bits per heavy atom. The molecule has 2 unspecified atom stereocenters. The molecule has 0 bridgehead atoms. The van der Waals surface area contributed by atoms with Crippen LogP contribution in [-0.2, 0) is 11.2 Å². The van der Waals surface area contributed by atoms with Crippen LogP contribution in [0.3, 0.4) is 0 Å². The van der Waals surface area contributed by atoms with Gasteiger partial charge in [0.2, 0.25) is 11.8 Å². The van der Waals surface area contributed by atoms with Crippen LogP contribution in [-0.4, -0.2) is 28.1 Å². The lowest BCUT2D eigenvalue weighted by Gasteiger charge is -2.28. The maximum Gasteiger partial charge on any atom is 0.236 e. The molecule has 1 saturated carbocycles. The van der Waals surface area contributed by atoms with Gasteiger partial charge in [-0.1, -0.05) is 18.9 Å². The second-order valence-corrected chi connectivity index (χ2v) is 6.65. The minimum Gasteiger partial charge on any atom is -0.440 e. The SMILES string of the molecule is Cc1oc(-c2cccs2)nc1CC(=O)NC1CCCCC1O. The van der Waals surface area contributed by atoms with Gasteiger partial charge in [-0.05, 0) is 31.2 Å². The molecule has 0 saturated heterocycles. The van der Waals surface area contributed by atoms with E-state index in [0.29, 0.717) is 17.3 Å². The second-order valence-electron chi connectivity index (χ2n) is 5.70. The molecule has 2 aromatic heterocycles. The molecule has 1 aliphatic rings. The highest BCUT2D eigenvalue weighted by atomic mass is 32.1. The van der Waals surface area contributed by atoms with E-state index in [0.717, 1.165) is 30.6 Å². The van der Waals surface area contributed by atoms with Crippen molar-refractivity contribution in [2.24, 2.45) is 0 Å². The number of aliphatic hydroxyl groups excluding tert-OH is 1. The van der Waals surface area contributed by atoms with Gasteiger partial charge in [-0.3, -0.25) is 4.79 Å². The third kappa shape index (κ3) is 3.39. The number of carbonyl (C=O) groups is 1. The first-order valence-electron chi connectivity index (χ1n) is 7.61. The van der Waals surface area contributed by atoms with Gasteiger partial charge in [-0.25, -0.2) is 4.98 Å². The number of hydrogen-bond acceptors (Lipinski definition) is 5. The van der Waals surface area contributed by atoms with Crippen LogP contribution in [0.1, 0.15) is 37.1 Å². The van der Waals surface area contributed by atoms with E-state index in [1.165, 1.54) is 0 Å². The summed E-state index contributed by atoms with van der Waals surface area (Å²) in [6.07, 6.45) is 3.43. The zero-order chi connectivity index (χ0) is 15.5. The number of aliphatic hydroxyl groups is 1. The molecule has 0 aromatic carbocycles. The fraction of sp³-hybridized carbons (Fsp3) is 0.500. The lowest BCUT2D eigenvalue weighted by atomic mass is 9.92. The predicted molar refractivity (Wildman–Crippen MR) is 84.7 cm³/mol. The number of rotatable bonds is 4. The Balaban J connectivity index is 1.64. The molecule has 0 radical (unpaired) electrons. The van der Waals surface area contributed by atoms with Gasteiger partial charge in [-0.2, -0.15) is 0 Å². The molecule has 1 amide bonds. The third-order valence-corrected chi connectivity index (χ3v) is 4.89. The quantitative estimate of drug-likeness (QED) is 0.908. The Hall–Kier alpha value is -1.66. The summed E-state index contributed by atoms with van der Waals surface area (Å²) in [6.45, 7) is 1.82. The first-order valence-corrected chi connectivity index (χ1v) is 8.49. The summed E-state index contributed by atoms with van der Waals surface area (Å²) < 4.78 is 5.64. The monoisotopic (exact) mass is 320 g/mol. The number of aryl methyl sites for hydroxylation is 1. The van der Waals surface area contributed by atoms with E-state index >= 15 is 0 Å². The van der Waals surface area contributed by atoms with E-state index < -0.39 is 6.10 Å². The topological polar surface area (TPSA) is 75.4 Å². The summed E-state index contributed by atoms with van der Waals surface area (Å²) in [5.41, 5.74) is 0.659. The zero-order valence-electron chi connectivity index (χ0n) is 12.5. The van der Waals surface area contributed by atoms with Gasteiger partial charge in [0.25, 0.3) is 0 Å². The van der Waals surface area contributed by atoms with Crippen LogP contribution in [0.25, 0.3) is 10.8 Å². The minimum atomic E-state index is -0.433. The van der Waals surface area contributed by atoms with Gasteiger partial charge < -0.3 is 14.8 Å². The highest BCUT2D eigenvalue weighted by molar-refractivity contribution is 7.13. The number of oxazole rings is 1. The van der Waals surface area contributed by atoms with Crippen LogP contribution in [0, 0.1) is 6.92 Å². The van der Waals surface area contributed by atoms with E-state index in [2.05, 4.69) is 10.3 Å². The lowest BCUT2D eigenvalue weighted by Crippen LogP contribution is -2.45. The van der Waals surface area contributed by atoms with Crippen LogP contribution in [0.5, 0.6) is 0 Å². The molecular weight excluding hydrogens is 300 g/mol. The van der Waals surface area contributed by atoms with E-state index in [1.807, 2.05) is 24.4 Å². The van der Waals surface area contributed by atoms with E-state index in [9.17, 15) is 9.90 Å². The molecule has 3 rings (SSSR count). The lowest BCUT2D eigenvalue weighted by molar-refractivity contribution is -0.122. The summed E-state index contributed by atoms with van der Waals surface area (Å²) in [5, 5.41) is 14.8. The van der Waals surface area contributed by atoms with Crippen LogP contribution in [0.2, 0.25) is 0 Å². The summed E-state index contributed by atoms with van der Waals surface area (Å²) in [5.74, 6) is 1.12. The van der Waals surface area contributed by atoms with Gasteiger partial charge >= 0.3 is 0 Å². The summed E-state index contributed by atoms with van der Waals surface area (Å²) >= 11 is 1.56. The normalized spacial score (nSPS) is 21.7. The Morgan fingerprint density at radius 1 is 1.50 bits per heavy atom. The Bertz CT molecular complexity index is 636. The molecule has 22 heavy (non-hydrogen) atoms. The molecule has 1 fully saturated rings. The highest BCUT2D eigenvalue weighted by Crippen LogP contribution is 2.26. The number of thiophene rings is 1. The van der Waals surface area contributed by atoms with Crippen LogP contribution in [0.4, 0.5) is 0 Å². The van der Waals surface area contributed by atoms with Crippen molar-refractivity contribution < 1.29 is 14.3 Å². The number of nitrogens with one attached hydrogen (secondary N) is 1. The third-order valence-electron chi connectivity index (χ3n) is 4.03. The highest BCUT2D eigenvalue weighted by Gasteiger charge is 2.25. The molecule has 0 aliphatic heterocycles. The molecule has 118 valence electrons. The smallest absolute Gasteiger partial charge is 0.236 e. The fourth-order valence-electron chi connectivity index (χ4n) is 2.79. The molecule has 2 aromatic rings. The number of amides is 1. The van der Waals surface area contributed by atoms with Crippen LogP contribution >= 0.6 is 11.3 Å².